The molecule has 1 aliphatic heterocycles. The Morgan fingerprint density at radius 3 is 3.00 bits per heavy atom. The Bertz CT molecular complexity index is 155. The molecule has 0 unspecified atom stereocenters. The molecule has 1 aliphatic rings. The fourth-order valence-electron chi connectivity index (χ4n) is 1.29. The number of rotatable bonds is 3. The smallest absolute Gasteiger partial charge is 0.246 e. The van der Waals surface area contributed by atoms with Crippen LogP contribution in [0, 0.1) is 0 Å². The van der Waals surface area contributed by atoms with Crippen LogP contribution in [0.15, 0.2) is 0 Å². The van der Waals surface area contributed by atoms with Gasteiger partial charge in [-0.3, -0.25) is 4.79 Å². The van der Waals surface area contributed by atoms with Gasteiger partial charge in [0.15, 0.2) is 0 Å². The van der Waals surface area contributed by atoms with Crippen LogP contribution in [0.5, 0.6) is 0 Å². The minimum atomic E-state index is -0.463. The molecule has 0 aromatic rings. The Kier molecular flexibility index (Phi) is 3.49. The second-order valence-electron chi connectivity index (χ2n) is 3.15. The van der Waals surface area contributed by atoms with Crippen LogP contribution in [0.4, 0.5) is 0 Å². The van der Waals surface area contributed by atoms with Crippen molar-refractivity contribution in [3.05, 3.63) is 0 Å². The van der Waals surface area contributed by atoms with E-state index in [0.717, 1.165) is 25.9 Å². The Hall–Kier alpha value is -0.610. The molecule has 4 nitrogen and oxygen atoms in total. The summed E-state index contributed by atoms with van der Waals surface area (Å²) in [7, 11) is 0. The highest BCUT2D eigenvalue weighted by Crippen LogP contribution is 2.08. The lowest BCUT2D eigenvalue weighted by Gasteiger charge is -2.25. The summed E-state index contributed by atoms with van der Waals surface area (Å²) in [4.78, 5) is 10.6. The SMILES string of the molecule is C[C@@H](O[C@H]1CCCNC1)C(N)=O. The summed E-state index contributed by atoms with van der Waals surface area (Å²) >= 11 is 0. The first-order valence-corrected chi connectivity index (χ1v) is 4.35. The number of hydrogen-bond acceptors (Lipinski definition) is 3. The normalized spacial score (nSPS) is 26.6. The first-order valence-electron chi connectivity index (χ1n) is 4.35. The molecular weight excluding hydrogens is 156 g/mol. The molecule has 0 aromatic heterocycles. The van der Waals surface area contributed by atoms with Gasteiger partial charge in [-0.15, -0.1) is 0 Å². The molecule has 1 heterocycles. The maximum absolute atomic E-state index is 10.6. The number of carbonyl (C=O) groups excluding carboxylic acids is 1. The van der Waals surface area contributed by atoms with E-state index < -0.39 is 6.10 Å². The fraction of sp³-hybridized carbons (Fsp3) is 0.875. The van der Waals surface area contributed by atoms with Gasteiger partial charge < -0.3 is 15.8 Å². The first kappa shape index (κ1) is 9.48. The average molecular weight is 172 g/mol. The average Bonchev–Trinajstić information content (AvgIpc) is 2.06. The van der Waals surface area contributed by atoms with Crippen LogP contribution >= 0.6 is 0 Å². The van der Waals surface area contributed by atoms with Crippen LogP contribution in [-0.4, -0.2) is 31.2 Å². The summed E-state index contributed by atoms with van der Waals surface area (Å²) in [5.41, 5.74) is 5.07. The molecule has 3 N–H and O–H groups in total. The number of hydrogen-bond donors (Lipinski definition) is 2. The van der Waals surface area contributed by atoms with E-state index in [1.54, 1.807) is 6.92 Å². The molecule has 0 aromatic carbocycles. The van der Waals surface area contributed by atoms with E-state index in [1.165, 1.54) is 0 Å². The second kappa shape index (κ2) is 4.42. The van der Waals surface area contributed by atoms with Gasteiger partial charge in [0.1, 0.15) is 6.10 Å². The van der Waals surface area contributed by atoms with E-state index in [0.29, 0.717) is 0 Å². The second-order valence-corrected chi connectivity index (χ2v) is 3.15. The van der Waals surface area contributed by atoms with Crippen molar-refractivity contribution in [2.45, 2.75) is 32.0 Å². The third kappa shape index (κ3) is 2.79. The highest BCUT2D eigenvalue weighted by Gasteiger charge is 2.18. The Morgan fingerprint density at radius 1 is 1.75 bits per heavy atom. The minimum absolute atomic E-state index is 0.154. The molecule has 70 valence electrons. The monoisotopic (exact) mass is 172 g/mol. The summed E-state index contributed by atoms with van der Waals surface area (Å²) in [6.45, 7) is 3.57. The lowest BCUT2D eigenvalue weighted by atomic mass is 10.1. The van der Waals surface area contributed by atoms with Crippen LogP contribution in [0.1, 0.15) is 19.8 Å². The molecule has 1 rings (SSSR count). The highest BCUT2D eigenvalue weighted by atomic mass is 16.5. The molecule has 4 heteroatoms. The van der Waals surface area contributed by atoms with E-state index in [1.807, 2.05) is 0 Å². The largest absolute Gasteiger partial charge is 0.367 e. The Balaban J connectivity index is 2.24. The van der Waals surface area contributed by atoms with Crippen molar-refractivity contribution in [3.63, 3.8) is 0 Å². The van der Waals surface area contributed by atoms with Crippen molar-refractivity contribution in [1.82, 2.24) is 5.32 Å². The first-order chi connectivity index (χ1) is 5.70. The molecule has 0 saturated carbocycles. The summed E-state index contributed by atoms with van der Waals surface area (Å²) in [6, 6.07) is 0. The minimum Gasteiger partial charge on any atom is -0.367 e. The summed E-state index contributed by atoms with van der Waals surface area (Å²) in [5, 5.41) is 3.20. The topological polar surface area (TPSA) is 64.3 Å². The summed E-state index contributed by atoms with van der Waals surface area (Å²) in [5.74, 6) is -0.388. The van der Waals surface area contributed by atoms with Crippen molar-refractivity contribution in [2.24, 2.45) is 5.73 Å². The van der Waals surface area contributed by atoms with Gasteiger partial charge in [0.25, 0.3) is 0 Å². The number of carbonyl (C=O) groups is 1. The number of primary amides is 1. The summed E-state index contributed by atoms with van der Waals surface area (Å²) < 4.78 is 5.42. The van der Waals surface area contributed by atoms with Crippen LogP contribution in [-0.2, 0) is 9.53 Å². The van der Waals surface area contributed by atoms with Crippen molar-refractivity contribution in [3.8, 4) is 0 Å². The standard InChI is InChI=1S/C8H16N2O2/c1-6(8(9)11)12-7-3-2-4-10-5-7/h6-7,10H,2-5H2,1H3,(H2,9,11)/t6-,7+/m1/s1. The third-order valence-corrected chi connectivity index (χ3v) is 2.05. The molecular formula is C8H16N2O2. The van der Waals surface area contributed by atoms with Crippen molar-refractivity contribution in [2.75, 3.05) is 13.1 Å². The van der Waals surface area contributed by atoms with Gasteiger partial charge in [-0.1, -0.05) is 0 Å². The molecule has 2 atom stereocenters. The van der Waals surface area contributed by atoms with Crippen LogP contribution in [0.2, 0.25) is 0 Å². The molecule has 1 saturated heterocycles. The van der Waals surface area contributed by atoms with Crippen molar-refractivity contribution < 1.29 is 9.53 Å². The van der Waals surface area contributed by atoms with Crippen molar-refractivity contribution in [1.29, 1.82) is 0 Å². The van der Waals surface area contributed by atoms with E-state index in [-0.39, 0.29) is 12.0 Å². The zero-order valence-electron chi connectivity index (χ0n) is 7.38. The Labute approximate surface area is 72.5 Å². The quantitative estimate of drug-likeness (QED) is 0.610. The molecule has 0 radical (unpaired) electrons. The number of amides is 1. The predicted molar refractivity (Wildman–Crippen MR) is 45.6 cm³/mol. The van der Waals surface area contributed by atoms with Gasteiger partial charge in [0, 0.05) is 6.54 Å². The van der Waals surface area contributed by atoms with Gasteiger partial charge >= 0.3 is 0 Å². The molecule has 1 fully saturated rings. The van der Waals surface area contributed by atoms with Gasteiger partial charge in [0.05, 0.1) is 6.10 Å². The van der Waals surface area contributed by atoms with Crippen LogP contribution in [0.25, 0.3) is 0 Å². The number of ether oxygens (including phenoxy) is 1. The van der Waals surface area contributed by atoms with Gasteiger partial charge in [-0.25, -0.2) is 0 Å². The maximum Gasteiger partial charge on any atom is 0.246 e. The van der Waals surface area contributed by atoms with Crippen LogP contribution < -0.4 is 11.1 Å². The lowest BCUT2D eigenvalue weighted by Crippen LogP contribution is -2.40. The summed E-state index contributed by atoms with van der Waals surface area (Å²) in [6.07, 6.45) is 1.82. The third-order valence-electron chi connectivity index (χ3n) is 2.05. The van der Waals surface area contributed by atoms with E-state index in [9.17, 15) is 4.79 Å². The predicted octanol–water partition coefficient (Wildman–Crippen LogP) is -0.371. The maximum atomic E-state index is 10.6. The number of nitrogens with one attached hydrogen (secondary N) is 1. The van der Waals surface area contributed by atoms with Gasteiger partial charge in [-0.2, -0.15) is 0 Å². The molecule has 0 spiro atoms. The van der Waals surface area contributed by atoms with E-state index >= 15 is 0 Å². The van der Waals surface area contributed by atoms with Gasteiger partial charge in [0.2, 0.25) is 5.91 Å². The molecule has 12 heavy (non-hydrogen) atoms. The zero-order chi connectivity index (χ0) is 8.97. The van der Waals surface area contributed by atoms with Crippen molar-refractivity contribution >= 4 is 5.91 Å². The Morgan fingerprint density at radius 2 is 2.50 bits per heavy atom. The zero-order valence-corrected chi connectivity index (χ0v) is 7.38. The van der Waals surface area contributed by atoms with E-state index in [2.05, 4.69) is 5.32 Å². The van der Waals surface area contributed by atoms with Crippen LogP contribution in [0.3, 0.4) is 0 Å². The van der Waals surface area contributed by atoms with Gasteiger partial charge in [-0.05, 0) is 26.3 Å². The molecule has 1 amide bonds. The lowest BCUT2D eigenvalue weighted by molar-refractivity contribution is -0.132. The molecule has 0 aliphatic carbocycles. The highest BCUT2D eigenvalue weighted by molar-refractivity contribution is 5.78. The number of nitrogens with two attached hydrogens (primary N) is 1. The number of piperidine rings is 1. The fourth-order valence-corrected chi connectivity index (χ4v) is 1.29. The van der Waals surface area contributed by atoms with E-state index in [4.69, 9.17) is 10.5 Å². The molecule has 0 bridgehead atoms.